The number of hydrogen-bond acceptors (Lipinski definition) is 6. The lowest BCUT2D eigenvalue weighted by Crippen LogP contribution is -2.31. The van der Waals surface area contributed by atoms with E-state index in [1.54, 1.807) is 30.2 Å². The van der Waals surface area contributed by atoms with E-state index in [4.69, 9.17) is 4.74 Å². The Kier molecular flexibility index (Phi) is 3.20. The zero-order valence-corrected chi connectivity index (χ0v) is 13.1. The fourth-order valence-corrected chi connectivity index (χ4v) is 4.27. The van der Waals surface area contributed by atoms with Crippen LogP contribution in [0.1, 0.15) is 6.42 Å². The highest BCUT2D eigenvalue weighted by atomic mass is 32.2. The standard InChI is InChI=1S/C15H13N3OS2/c1-19-10-4-6-11(7-5-10)20-15-16-12-9-18-8-2-3-13(18)17-14(12)21-15/h3-7,9H,2,8H2,1H3. The monoisotopic (exact) mass is 315 g/mol. The summed E-state index contributed by atoms with van der Waals surface area (Å²) in [6.07, 6.45) is 5.35. The van der Waals surface area contributed by atoms with E-state index in [1.165, 1.54) is 0 Å². The molecule has 0 bridgehead atoms. The molecule has 0 saturated heterocycles. The third-order valence-electron chi connectivity index (χ3n) is 3.36. The Morgan fingerprint density at radius 1 is 1.29 bits per heavy atom. The van der Waals surface area contributed by atoms with Gasteiger partial charge in [-0.3, -0.25) is 0 Å². The first kappa shape index (κ1) is 12.9. The van der Waals surface area contributed by atoms with E-state index in [0.717, 1.165) is 43.8 Å². The first-order valence-electron chi connectivity index (χ1n) is 6.68. The number of fused-ring (bicyclic) bond motifs is 2. The Morgan fingerprint density at radius 2 is 2.14 bits per heavy atom. The second-order valence-electron chi connectivity index (χ2n) is 4.73. The van der Waals surface area contributed by atoms with Gasteiger partial charge >= 0.3 is 0 Å². The lowest BCUT2D eigenvalue weighted by atomic mass is 10.3. The normalized spacial score (nSPS) is 15.7. The predicted molar refractivity (Wildman–Crippen MR) is 83.9 cm³/mol. The smallest absolute Gasteiger partial charge is 0.157 e. The van der Waals surface area contributed by atoms with Crippen LogP contribution in [0.15, 0.2) is 50.4 Å². The molecule has 4 nitrogen and oxygen atoms in total. The number of thiazole rings is 1. The fraction of sp³-hybridized carbons (Fsp3) is 0.200. The molecule has 1 aromatic carbocycles. The molecule has 0 saturated carbocycles. The molecule has 0 spiro atoms. The van der Waals surface area contributed by atoms with Gasteiger partial charge in [0.15, 0.2) is 4.34 Å². The van der Waals surface area contributed by atoms with Crippen molar-refractivity contribution in [3.8, 4) is 5.75 Å². The summed E-state index contributed by atoms with van der Waals surface area (Å²) in [4.78, 5) is 12.7. The number of aromatic nitrogens is 1. The molecule has 106 valence electrons. The van der Waals surface area contributed by atoms with Crippen LogP contribution in [0.25, 0.3) is 6.20 Å². The SMILES string of the molecule is COc1ccc(Sc2nc3c(s2)=NC2=CCCN2C=3)cc1. The highest BCUT2D eigenvalue weighted by Crippen LogP contribution is 2.29. The molecule has 0 amide bonds. The maximum atomic E-state index is 5.17. The van der Waals surface area contributed by atoms with Crippen LogP contribution in [0.2, 0.25) is 0 Å². The van der Waals surface area contributed by atoms with Gasteiger partial charge in [0, 0.05) is 17.6 Å². The van der Waals surface area contributed by atoms with Gasteiger partial charge in [0.05, 0.1) is 7.11 Å². The van der Waals surface area contributed by atoms with Crippen molar-refractivity contribution >= 4 is 29.3 Å². The Morgan fingerprint density at radius 3 is 2.95 bits per heavy atom. The van der Waals surface area contributed by atoms with E-state index in [9.17, 15) is 0 Å². The minimum absolute atomic E-state index is 0.869. The summed E-state index contributed by atoms with van der Waals surface area (Å²) in [6.45, 7) is 1.01. The third-order valence-corrected chi connectivity index (χ3v) is 5.40. The first-order valence-corrected chi connectivity index (χ1v) is 8.31. The van der Waals surface area contributed by atoms with Gasteiger partial charge in [-0.25, -0.2) is 9.98 Å². The van der Waals surface area contributed by atoms with E-state index in [0.29, 0.717) is 0 Å². The molecule has 21 heavy (non-hydrogen) atoms. The van der Waals surface area contributed by atoms with E-state index >= 15 is 0 Å². The molecule has 4 rings (SSSR count). The number of benzene rings is 1. The lowest BCUT2D eigenvalue weighted by Gasteiger charge is -2.14. The molecular formula is C15H13N3OS2. The summed E-state index contributed by atoms with van der Waals surface area (Å²) in [5.41, 5.74) is 0. The fourth-order valence-electron chi connectivity index (χ4n) is 2.31. The van der Waals surface area contributed by atoms with E-state index in [-0.39, 0.29) is 0 Å². The van der Waals surface area contributed by atoms with Gasteiger partial charge in [0.25, 0.3) is 0 Å². The van der Waals surface area contributed by atoms with Gasteiger partial charge < -0.3 is 9.64 Å². The molecular weight excluding hydrogens is 302 g/mol. The summed E-state index contributed by atoms with van der Waals surface area (Å²) in [7, 11) is 1.68. The summed E-state index contributed by atoms with van der Waals surface area (Å²) < 4.78 is 7.20. The second kappa shape index (κ2) is 5.20. The van der Waals surface area contributed by atoms with Crippen LogP contribution in [-0.2, 0) is 0 Å². The Bertz CT molecular complexity index is 824. The van der Waals surface area contributed by atoms with Crippen LogP contribution in [0.5, 0.6) is 5.75 Å². The maximum absolute atomic E-state index is 5.17. The van der Waals surface area contributed by atoms with Gasteiger partial charge in [-0.2, -0.15) is 0 Å². The Balaban J connectivity index is 1.64. The van der Waals surface area contributed by atoms with Crippen molar-refractivity contribution in [3.63, 3.8) is 0 Å². The summed E-state index contributed by atoms with van der Waals surface area (Å²) >= 11 is 3.31. The van der Waals surface area contributed by atoms with Crippen molar-refractivity contribution in [3.05, 3.63) is 46.2 Å². The van der Waals surface area contributed by atoms with E-state index < -0.39 is 0 Å². The van der Waals surface area contributed by atoms with E-state index in [2.05, 4.69) is 27.2 Å². The largest absolute Gasteiger partial charge is 0.497 e. The molecule has 0 unspecified atom stereocenters. The lowest BCUT2D eigenvalue weighted by molar-refractivity contribution is 0.414. The molecule has 6 heteroatoms. The molecule has 2 aromatic rings. The second-order valence-corrected chi connectivity index (χ2v) is 7.03. The van der Waals surface area contributed by atoms with Crippen molar-refractivity contribution in [2.45, 2.75) is 15.7 Å². The first-order chi connectivity index (χ1) is 10.3. The molecule has 2 aliphatic heterocycles. The van der Waals surface area contributed by atoms with Gasteiger partial charge in [0.2, 0.25) is 0 Å². The summed E-state index contributed by atoms with van der Waals surface area (Å²) in [5.74, 6) is 1.93. The van der Waals surface area contributed by atoms with Crippen LogP contribution >= 0.6 is 23.1 Å². The number of nitrogens with zero attached hydrogens (tertiary/aromatic N) is 3. The average molecular weight is 315 g/mol. The molecule has 1 aromatic heterocycles. The van der Waals surface area contributed by atoms with Crippen molar-refractivity contribution < 1.29 is 4.74 Å². The zero-order chi connectivity index (χ0) is 14.2. The molecule has 0 fully saturated rings. The van der Waals surface area contributed by atoms with Crippen molar-refractivity contribution in [1.29, 1.82) is 0 Å². The summed E-state index contributed by atoms with van der Waals surface area (Å²) in [5, 5.41) is 0.982. The quantitative estimate of drug-likeness (QED) is 0.870. The van der Waals surface area contributed by atoms with Crippen molar-refractivity contribution in [1.82, 2.24) is 9.88 Å². The maximum Gasteiger partial charge on any atom is 0.157 e. The van der Waals surface area contributed by atoms with Crippen LogP contribution in [0.4, 0.5) is 0 Å². The van der Waals surface area contributed by atoms with Gasteiger partial charge in [0.1, 0.15) is 21.6 Å². The van der Waals surface area contributed by atoms with Gasteiger partial charge in [-0.1, -0.05) is 23.1 Å². The van der Waals surface area contributed by atoms with Crippen LogP contribution < -0.4 is 14.8 Å². The van der Waals surface area contributed by atoms with Crippen molar-refractivity contribution in [2.75, 3.05) is 13.7 Å². The highest BCUT2D eigenvalue weighted by Gasteiger charge is 2.17. The van der Waals surface area contributed by atoms with Gasteiger partial charge in [-0.15, -0.1) is 0 Å². The number of ether oxygens (including phenoxy) is 1. The predicted octanol–water partition coefficient (Wildman–Crippen LogP) is 2.22. The molecule has 2 aliphatic rings. The van der Waals surface area contributed by atoms with E-state index in [1.807, 2.05) is 24.3 Å². The van der Waals surface area contributed by atoms with Crippen LogP contribution in [0.3, 0.4) is 0 Å². The number of methoxy groups -OCH3 is 1. The molecule has 3 heterocycles. The minimum Gasteiger partial charge on any atom is -0.497 e. The Hall–Kier alpha value is -1.79. The average Bonchev–Trinajstić information content (AvgIpc) is 3.10. The highest BCUT2D eigenvalue weighted by molar-refractivity contribution is 8.01. The molecule has 0 radical (unpaired) electrons. The topological polar surface area (TPSA) is 37.7 Å². The zero-order valence-electron chi connectivity index (χ0n) is 11.4. The third kappa shape index (κ3) is 2.45. The Labute approximate surface area is 130 Å². The summed E-state index contributed by atoms with van der Waals surface area (Å²) in [6, 6.07) is 8.03. The molecule has 0 N–H and O–H groups in total. The van der Waals surface area contributed by atoms with Crippen LogP contribution in [0, 0.1) is 0 Å². The minimum atomic E-state index is 0.869. The van der Waals surface area contributed by atoms with Crippen LogP contribution in [-0.4, -0.2) is 23.5 Å². The number of hydrogen-bond donors (Lipinski definition) is 0. The van der Waals surface area contributed by atoms with Gasteiger partial charge in [-0.05, 0) is 36.8 Å². The molecule has 0 aliphatic carbocycles. The van der Waals surface area contributed by atoms with Crippen molar-refractivity contribution in [2.24, 2.45) is 4.99 Å². The molecule has 0 atom stereocenters. The number of rotatable bonds is 3.